The van der Waals surface area contributed by atoms with Gasteiger partial charge in [-0.2, -0.15) is 4.98 Å². The zero-order valence-corrected chi connectivity index (χ0v) is 23.5. The molecule has 1 aromatic carbocycles. The number of hydrogen-bond donors (Lipinski definition) is 1. The molecule has 2 fully saturated rings. The minimum absolute atomic E-state index is 0.0661. The van der Waals surface area contributed by atoms with Crippen molar-refractivity contribution >= 4 is 5.91 Å². The maximum atomic E-state index is 13.1. The van der Waals surface area contributed by atoms with Gasteiger partial charge in [-0.15, -0.1) is 0 Å². The van der Waals surface area contributed by atoms with Crippen molar-refractivity contribution in [2.24, 2.45) is 5.41 Å². The number of hydrogen-bond acceptors (Lipinski definition) is 7. The Bertz CT molecular complexity index is 1330. The van der Waals surface area contributed by atoms with E-state index >= 15 is 0 Å². The van der Waals surface area contributed by atoms with E-state index in [-0.39, 0.29) is 18.4 Å². The van der Waals surface area contributed by atoms with Crippen molar-refractivity contribution in [2.75, 3.05) is 32.7 Å². The number of pyridine rings is 1. The van der Waals surface area contributed by atoms with E-state index in [2.05, 4.69) is 29.0 Å². The smallest absolute Gasteiger partial charge is 0.251 e. The van der Waals surface area contributed by atoms with Gasteiger partial charge in [-0.1, -0.05) is 50.2 Å². The summed E-state index contributed by atoms with van der Waals surface area (Å²) in [5, 5.41) is 16.7. The molecule has 1 N–H and O–H groups in total. The number of carbonyl (C=O) groups is 1. The van der Waals surface area contributed by atoms with Gasteiger partial charge in [0.15, 0.2) is 0 Å². The predicted molar refractivity (Wildman–Crippen MR) is 146 cm³/mol. The quantitative estimate of drug-likeness (QED) is 0.428. The molecule has 2 aromatic heterocycles. The van der Waals surface area contributed by atoms with E-state index in [9.17, 15) is 18.7 Å². The fourth-order valence-corrected chi connectivity index (χ4v) is 6.19. The Balaban J connectivity index is 1.46. The van der Waals surface area contributed by atoms with E-state index in [0.29, 0.717) is 60.5 Å². The molecule has 0 aliphatic carbocycles. The number of alkyl halides is 2. The van der Waals surface area contributed by atoms with Crippen LogP contribution in [0.3, 0.4) is 0 Å². The predicted octanol–water partition coefficient (Wildman–Crippen LogP) is 4.80. The van der Waals surface area contributed by atoms with Crippen LogP contribution in [0.15, 0.2) is 47.2 Å². The molecular weight excluding hydrogens is 516 g/mol. The highest BCUT2D eigenvalue weighted by Gasteiger charge is 2.56. The van der Waals surface area contributed by atoms with Crippen LogP contribution in [-0.2, 0) is 10.4 Å². The first-order valence-electron chi connectivity index (χ1n) is 13.9. The molecule has 1 unspecified atom stereocenters. The lowest BCUT2D eigenvalue weighted by atomic mass is 9.62. The number of rotatable bonds is 8. The van der Waals surface area contributed by atoms with Gasteiger partial charge in [-0.3, -0.25) is 14.7 Å². The van der Waals surface area contributed by atoms with Gasteiger partial charge >= 0.3 is 0 Å². The normalized spacial score (nSPS) is 19.6. The molecule has 2 saturated heterocycles. The molecule has 0 bridgehead atoms. The minimum Gasteiger partial charge on any atom is -0.380 e. The van der Waals surface area contributed by atoms with Gasteiger partial charge in [0.25, 0.3) is 6.43 Å². The number of aromatic nitrogens is 3. The lowest BCUT2D eigenvalue weighted by Crippen LogP contribution is -2.65. The zero-order valence-electron chi connectivity index (χ0n) is 23.5. The monoisotopic (exact) mass is 553 g/mol. The number of carbonyl (C=O) groups excluding carboxylic acids is 1. The molecule has 0 saturated carbocycles. The van der Waals surface area contributed by atoms with Crippen LogP contribution in [-0.4, -0.2) is 75.1 Å². The van der Waals surface area contributed by atoms with E-state index < -0.39 is 17.4 Å². The summed E-state index contributed by atoms with van der Waals surface area (Å²) >= 11 is 0. The van der Waals surface area contributed by atoms with Crippen molar-refractivity contribution in [3.63, 3.8) is 0 Å². The van der Waals surface area contributed by atoms with Crippen LogP contribution in [0.4, 0.5) is 8.78 Å². The average Bonchev–Trinajstić information content (AvgIpc) is 3.42. The second kappa shape index (κ2) is 11.0. The third kappa shape index (κ3) is 5.26. The minimum atomic E-state index is -2.44. The van der Waals surface area contributed by atoms with Gasteiger partial charge in [0.05, 0.1) is 6.54 Å². The van der Waals surface area contributed by atoms with Crippen molar-refractivity contribution in [2.45, 2.75) is 64.4 Å². The first-order chi connectivity index (χ1) is 19.0. The Hall–Kier alpha value is -3.24. The fraction of sp³-hybridized carbons (Fsp3) is 0.533. The Morgan fingerprint density at radius 2 is 1.82 bits per heavy atom. The number of aliphatic hydroxyl groups is 1. The van der Waals surface area contributed by atoms with Crippen molar-refractivity contribution in [3.05, 3.63) is 65.3 Å². The van der Waals surface area contributed by atoms with Gasteiger partial charge in [-0.25, -0.2) is 8.78 Å². The Morgan fingerprint density at radius 1 is 1.15 bits per heavy atom. The number of piperidine rings is 1. The molecule has 5 rings (SSSR count). The van der Waals surface area contributed by atoms with Crippen LogP contribution in [0, 0.1) is 5.41 Å². The summed E-state index contributed by atoms with van der Waals surface area (Å²) in [7, 11) is 0. The van der Waals surface area contributed by atoms with Crippen molar-refractivity contribution < 1.29 is 23.2 Å². The Labute approximate surface area is 233 Å². The highest BCUT2D eigenvalue weighted by Crippen LogP contribution is 2.51. The molecule has 4 heterocycles. The summed E-state index contributed by atoms with van der Waals surface area (Å²) in [5.74, 6) is 1.36. The largest absolute Gasteiger partial charge is 0.380 e. The topological polar surface area (TPSA) is 95.6 Å². The number of likely N-dealkylation sites (tertiary alicyclic amines) is 2. The lowest BCUT2D eigenvalue weighted by molar-refractivity contribution is -0.144. The number of benzene rings is 1. The molecular formula is C30H37F2N5O3. The van der Waals surface area contributed by atoms with Gasteiger partial charge in [0, 0.05) is 68.0 Å². The van der Waals surface area contributed by atoms with Crippen LogP contribution in [0.5, 0.6) is 0 Å². The SMILES string of the molecule is CC(=O)N1CCC(c2nc(-c3cncc(C(O)(c4ccc(C(C)C)cc4)C4(C)CN(CC(F)F)C4)c3)no2)CC1. The maximum absolute atomic E-state index is 13.1. The van der Waals surface area contributed by atoms with Crippen LogP contribution in [0.1, 0.15) is 75.0 Å². The van der Waals surface area contributed by atoms with E-state index in [4.69, 9.17) is 4.52 Å². The van der Waals surface area contributed by atoms with Gasteiger partial charge in [0.1, 0.15) is 5.60 Å². The molecule has 8 nitrogen and oxygen atoms in total. The highest BCUT2D eigenvalue weighted by molar-refractivity contribution is 5.73. The van der Waals surface area contributed by atoms with Crippen LogP contribution < -0.4 is 0 Å². The van der Waals surface area contributed by atoms with Crippen molar-refractivity contribution in [3.8, 4) is 11.4 Å². The molecule has 10 heteroatoms. The first-order valence-corrected chi connectivity index (χ1v) is 13.9. The number of amides is 1. The summed E-state index contributed by atoms with van der Waals surface area (Å²) in [6, 6.07) is 9.66. The van der Waals surface area contributed by atoms with E-state index in [0.717, 1.165) is 18.4 Å². The maximum Gasteiger partial charge on any atom is 0.251 e. The molecule has 2 aliphatic heterocycles. The Kier molecular flexibility index (Phi) is 7.76. The first kappa shape index (κ1) is 28.3. The summed E-state index contributed by atoms with van der Waals surface area (Å²) in [5.41, 5.74) is 0.747. The standard InChI is InChI=1S/C30H37F2N5O3/c1-19(2)21-5-7-24(8-6-21)30(39,29(4)17-36(18-29)16-26(31)32)25-13-23(14-33-15-25)27-34-28(40-35-27)22-9-11-37(12-10-22)20(3)38/h5-8,13-15,19,22,26,39H,9-12,16-18H2,1-4H3. The zero-order chi connectivity index (χ0) is 28.7. The second-order valence-corrected chi connectivity index (χ2v) is 11.8. The molecule has 40 heavy (non-hydrogen) atoms. The molecule has 2 aliphatic rings. The van der Waals surface area contributed by atoms with Gasteiger partial charge < -0.3 is 14.5 Å². The van der Waals surface area contributed by atoms with Crippen LogP contribution >= 0.6 is 0 Å². The molecule has 1 atom stereocenters. The third-order valence-electron chi connectivity index (χ3n) is 8.56. The van der Waals surface area contributed by atoms with Crippen LogP contribution in [0.25, 0.3) is 11.4 Å². The summed E-state index contributed by atoms with van der Waals surface area (Å²) in [4.78, 5) is 24.2. The summed E-state index contributed by atoms with van der Waals surface area (Å²) < 4.78 is 31.8. The molecule has 0 radical (unpaired) electrons. The molecule has 214 valence electrons. The van der Waals surface area contributed by atoms with E-state index in [1.165, 1.54) is 0 Å². The summed E-state index contributed by atoms with van der Waals surface area (Å²) in [6.07, 6.45) is 2.32. The summed E-state index contributed by atoms with van der Waals surface area (Å²) in [6.45, 7) is 9.32. The fourth-order valence-electron chi connectivity index (χ4n) is 6.19. The molecule has 3 aromatic rings. The molecule has 0 spiro atoms. The lowest BCUT2D eigenvalue weighted by Gasteiger charge is -2.56. The number of halogens is 2. The van der Waals surface area contributed by atoms with Crippen LogP contribution in [0.2, 0.25) is 0 Å². The van der Waals surface area contributed by atoms with E-state index in [1.807, 2.05) is 42.2 Å². The van der Waals surface area contributed by atoms with Gasteiger partial charge in [-0.05, 0) is 36.0 Å². The third-order valence-corrected chi connectivity index (χ3v) is 8.56. The molecule has 1 amide bonds. The van der Waals surface area contributed by atoms with E-state index in [1.54, 1.807) is 24.2 Å². The second-order valence-electron chi connectivity index (χ2n) is 11.8. The van der Waals surface area contributed by atoms with Crippen molar-refractivity contribution in [1.29, 1.82) is 0 Å². The average molecular weight is 554 g/mol. The highest BCUT2D eigenvalue weighted by atomic mass is 19.3. The number of nitrogens with zero attached hydrogens (tertiary/aromatic N) is 5. The Morgan fingerprint density at radius 3 is 2.42 bits per heavy atom. The van der Waals surface area contributed by atoms with Crippen molar-refractivity contribution in [1.82, 2.24) is 24.9 Å². The van der Waals surface area contributed by atoms with Gasteiger partial charge in [0.2, 0.25) is 17.6 Å².